The minimum Gasteiger partial charge on any atom is -0.468 e. The van der Waals surface area contributed by atoms with Gasteiger partial charge < -0.3 is 4.42 Å². The van der Waals surface area contributed by atoms with E-state index in [0.29, 0.717) is 11.8 Å². The van der Waals surface area contributed by atoms with Crippen LogP contribution in [0.3, 0.4) is 0 Å². The molecule has 0 N–H and O–H groups in total. The molecule has 0 spiro atoms. The highest BCUT2D eigenvalue weighted by molar-refractivity contribution is 9.09. The maximum Gasteiger partial charge on any atom is 0.117 e. The number of furan rings is 1. The molecule has 0 bridgehead atoms. The second kappa shape index (κ2) is 7.13. The Morgan fingerprint density at radius 1 is 1.44 bits per heavy atom. The van der Waals surface area contributed by atoms with E-state index in [9.17, 15) is 0 Å². The maximum atomic E-state index is 5.39. The molecule has 1 atom stereocenters. The van der Waals surface area contributed by atoms with Gasteiger partial charge in [-0.05, 0) is 30.5 Å². The second-order valence-electron chi connectivity index (χ2n) is 4.57. The summed E-state index contributed by atoms with van der Waals surface area (Å²) in [6.45, 7) is 9.88. The van der Waals surface area contributed by atoms with Crippen molar-refractivity contribution in [2.45, 2.75) is 27.3 Å². The molecule has 0 aliphatic heterocycles. The zero-order valence-corrected chi connectivity index (χ0v) is 12.0. The SMILES string of the molecule is CCN(Cc1ccco1)CC(CBr)C(C)C. The average Bonchev–Trinajstić information content (AvgIpc) is 2.76. The summed E-state index contributed by atoms with van der Waals surface area (Å²) in [6.07, 6.45) is 1.74. The Balaban J connectivity index is 2.48. The van der Waals surface area contributed by atoms with Gasteiger partial charge in [-0.2, -0.15) is 0 Å². The van der Waals surface area contributed by atoms with Crippen molar-refractivity contribution in [2.24, 2.45) is 11.8 Å². The summed E-state index contributed by atoms with van der Waals surface area (Å²) in [7, 11) is 0. The van der Waals surface area contributed by atoms with Gasteiger partial charge in [0, 0.05) is 11.9 Å². The number of halogens is 1. The first kappa shape index (κ1) is 13.8. The molecule has 92 valence electrons. The number of hydrogen-bond acceptors (Lipinski definition) is 2. The summed E-state index contributed by atoms with van der Waals surface area (Å²) in [5.41, 5.74) is 0. The first-order chi connectivity index (χ1) is 7.67. The van der Waals surface area contributed by atoms with Crippen molar-refractivity contribution >= 4 is 15.9 Å². The largest absolute Gasteiger partial charge is 0.468 e. The molecule has 0 radical (unpaired) electrons. The fourth-order valence-corrected chi connectivity index (χ4v) is 2.65. The van der Waals surface area contributed by atoms with E-state index in [0.717, 1.165) is 30.7 Å². The van der Waals surface area contributed by atoms with E-state index in [2.05, 4.69) is 41.6 Å². The maximum absolute atomic E-state index is 5.39. The highest BCUT2D eigenvalue weighted by Crippen LogP contribution is 2.16. The lowest BCUT2D eigenvalue weighted by Gasteiger charge is -2.26. The third-order valence-electron chi connectivity index (χ3n) is 3.04. The molecule has 0 fully saturated rings. The molecule has 1 aromatic heterocycles. The van der Waals surface area contributed by atoms with E-state index >= 15 is 0 Å². The molecular formula is C13H22BrNO. The van der Waals surface area contributed by atoms with Crippen molar-refractivity contribution in [3.05, 3.63) is 24.2 Å². The van der Waals surface area contributed by atoms with E-state index in [1.807, 2.05) is 12.1 Å². The zero-order valence-electron chi connectivity index (χ0n) is 10.4. The Labute approximate surface area is 107 Å². The highest BCUT2D eigenvalue weighted by atomic mass is 79.9. The molecule has 1 heterocycles. The van der Waals surface area contributed by atoms with Gasteiger partial charge in [0.05, 0.1) is 12.8 Å². The summed E-state index contributed by atoms with van der Waals surface area (Å²) < 4.78 is 5.39. The molecule has 0 saturated heterocycles. The number of rotatable bonds is 7. The fourth-order valence-electron chi connectivity index (χ4n) is 1.70. The van der Waals surface area contributed by atoms with Gasteiger partial charge in [0.25, 0.3) is 0 Å². The van der Waals surface area contributed by atoms with Crippen molar-refractivity contribution in [3.63, 3.8) is 0 Å². The monoisotopic (exact) mass is 287 g/mol. The third-order valence-corrected chi connectivity index (χ3v) is 3.87. The van der Waals surface area contributed by atoms with Gasteiger partial charge in [0.1, 0.15) is 5.76 Å². The Kier molecular flexibility index (Phi) is 6.14. The lowest BCUT2D eigenvalue weighted by Crippen LogP contribution is -2.32. The fraction of sp³-hybridized carbons (Fsp3) is 0.692. The van der Waals surface area contributed by atoms with Gasteiger partial charge in [-0.25, -0.2) is 0 Å². The van der Waals surface area contributed by atoms with Gasteiger partial charge in [0.15, 0.2) is 0 Å². The Morgan fingerprint density at radius 2 is 2.19 bits per heavy atom. The first-order valence-corrected chi connectivity index (χ1v) is 7.10. The summed E-state index contributed by atoms with van der Waals surface area (Å²) in [4.78, 5) is 2.44. The minimum atomic E-state index is 0.704. The van der Waals surface area contributed by atoms with Crippen molar-refractivity contribution < 1.29 is 4.42 Å². The van der Waals surface area contributed by atoms with Gasteiger partial charge >= 0.3 is 0 Å². The Morgan fingerprint density at radius 3 is 2.62 bits per heavy atom. The van der Waals surface area contributed by atoms with E-state index in [-0.39, 0.29) is 0 Å². The molecule has 1 rings (SSSR count). The van der Waals surface area contributed by atoms with Crippen LogP contribution in [0, 0.1) is 11.8 Å². The van der Waals surface area contributed by atoms with E-state index < -0.39 is 0 Å². The van der Waals surface area contributed by atoms with Gasteiger partial charge in [-0.15, -0.1) is 0 Å². The van der Waals surface area contributed by atoms with Crippen LogP contribution < -0.4 is 0 Å². The lowest BCUT2D eigenvalue weighted by atomic mass is 9.97. The van der Waals surface area contributed by atoms with Gasteiger partial charge in [0.2, 0.25) is 0 Å². The second-order valence-corrected chi connectivity index (χ2v) is 5.21. The molecule has 3 heteroatoms. The number of nitrogens with zero attached hydrogens (tertiary/aromatic N) is 1. The molecule has 0 amide bonds. The Bertz CT molecular complexity index is 271. The summed E-state index contributed by atoms with van der Waals surface area (Å²) >= 11 is 3.60. The average molecular weight is 288 g/mol. The molecule has 0 aliphatic rings. The highest BCUT2D eigenvalue weighted by Gasteiger charge is 2.16. The van der Waals surface area contributed by atoms with Gasteiger partial charge in [-0.1, -0.05) is 36.7 Å². The zero-order chi connectivity index (χ0) is 12.0. The molecule has 1 unspecified atom stereocenters. The molecule has 0 aromatic carbocycles. The van der Waals surface area contributed by atoms with Crippen LogP contribution in [-0.4, -0.2) is 23.3 Å². The topological polar surface area (TPSA) is 16.4 Å². The van der Waals surface area contributed by atoms with Crippen LogP contribution in [0.15, 0.2) is 22.8 Å². The van der Waals surface area contributed by atoms with Crippen molar-refractivity contribution in [1.82, 2.24) is 4.90 Å². The normalized spacial score (nSPS) is 13.6. The number of hydrogen-bond donors (Lipinski definition) is 0. The minimum absolute atomic E-state index is 0.704. The third kappa shape index (κ3) is 4.30. The van der Waals surface area contributed by atoms with E-state index in [1.54, 1.807) is 6.26 Å². The molecule has 16 heavy (non-hydrogen) atoms. The van der Waals surface area contributed by atoms with Crippen molar-refractivity contribution in [2.75, 3.05) is 18.4 Å². The van der Waals surface area contributed by atoms with Crippen LogP contribution in [0.4, 0.5) is 0 Å². The number of alkyl halides is 1. The predicted octanol–water partition coefficient (Wildman–Crippen LogP) is 3.77. The molecule has 0 saturated carbocycles. The smallest absolute Gasteiger partial charge is 0.117 e. The van der Waals surface area contributed by atoms with E-state index in [4.69, 9.17) is 4.42 Å². The van der Waals surface area contributed by atoms with Crippen LogP contribution in [0.1, 0.15) is 26.5 Å². The van der Waals surface area contributed by atoms with Gasteiger partial charge in [-0.3, -0.25) is 4.90 Å². The molecular weight excluding hydrogens is 266 g/mol. The summed E-state index contributed by atoms with van der Waals surface area (Å²) in [5, 5.41) is 1.07. The predicted molar refractivity (Wildman–Crippen MR) is 71.8 cm³/mol. The summed E-state index contributed by atoms with van der Waals surface area (Å²) in [5.74, 6) is 2.47. The summed E-state index contributed by atoms with van der Waals surface area (Å²) in [6, 6.07) is 3.99. The quantitative estimate of drug-likeness (QED) is 0.710. The molecule has 1 aromatic rings. The first-order valence-electron chi connectivity index (χ1n) is 5.98. The van der Waals surface area contributed by atoms with Crippen LogP contribution >= 0.6 is 15.9 Å². The van der Waals surface area contributed by atoms with Crippen LogP contribution in [0.2, 0.25) is 0 Å². The standard InChI is InChI=1S/C13H22BrNO/c1-4-15(9-12(8-14)11(2)3)10-13-6-5-7-16-13/h5-7,11-12H,4,8-10H2,1-3H3. The van der Waals surface area contributed by atoms with Crippen molar-refractivity contribution in [3.8, 4) is 0 Å². The molecule has 0 aliphatic carbocycles. The van der Waals surface area contributed by atoms with E-state index in [1.165, 1.54) is 0 Å². The van der Waals surface area contributed by atoms with Crippen LogP contribution in [0.25, 0.3) is 0 Å². The van der Waals surface area contributed by atoms with Crippen LogP contribution in [-0.2, 0) is 6.54 Å². The van der Waals surface area contributed by atoms with Crippen LogP contribution in [0.5, 0.6) is 0 Å². The Hall–Kier alpha value is -0.280. The van der Waals surface area contributed by atoms with Crippen molar-refractivity contribution in [1.29, 1.82) is 0 Å². The lowest BCUT2D eigenvalue weighted by molar-refractivity contribution is 0.202. The molecule has 2 nitrogen and oxygen atoms in total.